The molecule has 0 radical (unpaired) electrons. The molecule has 0 saturated heterocycles. The van der Waals surface area contributed by atoms with Crippen LogP contribution in [0.2, 0.25) is 5.02 Å². The Balaban J connectivity index is 1.78. The van der Waals surface area contributed by atoms with Crippen molar-refractivity contribution in [3.8, 4) is 5.75 Å². The maximum Gasteiger partial charge on any atom is 0.262 e. The third-order valence-corrected chi connectivity index (χ3v) is 5.02. The van der Waals surface area contributed by atoms with E-state index >= 15 is 0 Å². The Labute approximate surface area is 162 Å². The highest BCUT2D eigenvalue weighted by Crippen LogP contribution is 2.38. The third kappa shape index (κ3) is 3.11. The molecule has 2 heterocycles. The average molecular weight is 380 g/mol. The lowest BCUT2D eigenvalue weighted by Crippen LogP contribution is -2.32. The Kier molecular flexibility index (Phi) is 4.46. The highest BCUT2D eigenvalue weighted by atomic mass is 35.5. The number of pyridine rings is 1. The van der Waals surface area contributed by atoms with Crippen LogP contribution in [0.25, 0.3) is 0 Å². The molecule has 27 heavy (non-hydrogen) atoms. The Morgan fingerprint density at radius 3 is 2.78 bits per heavy atom. The van der Waals surface area contributed by atoms with Crippen LogP contribution in [0.1, 0.15) is 27.8 Å². The summed E-state index contributed by atoms with van der Waals surface area (Å²) in [5.74, 6) is 0.573. The molecule has 1 aliphatic rings. The van der Waals surface area contributed by atoms with Crippen LogP contribution in [0, 0.1) is 6.92 Å². The summed E-state index contributed by atoms with van der Waals surface area (Å²) in [4.78, 5) is 19.2. The van der Waals surface area contributed by atoms with Crippen molar-refractivity contribution in [1.82, 2.24) is 4.98 Å². The molecule has 2 aromatic carbocycles. The fourth-order valence-corrected chi connectivity index (χ4v) is 3.37. The van der Waals surface area contributed by atoms with Crippen LogP contribution < -0.4 is 15.0 Å². The minimum absolute atomic E-state index is 0.109. The standard InChI is InChI=1S/C21H18ClN3O2/c1-13-8-9-14(11-18(13)22)24-20-19-17(7-4-10-23-19)21(26)25(20)15-5-3-6-16(12-15)27-2/h3-12,20,24H,1-2H3. The summed E-state index contributed by atoms with van der Waals surface area (Å²) in [7, 11) is 1.60. The van der Waals surface area contributed by atoms with Crippen LogP contribution in [-0.2, 0) is 0 Å². The summed E-state index contributed by atoms with van der Waals surface area (Å²) in [6.45, 7) is 1.95. The predicted molar refractivity (Wildman–Crippen MR) is 107 cm³/mol. The van der Waals surface area contributed by atoms with Gasteiger partial charge in [0.2, 0.25) is 0 Å². The van der Waals surface area contributed by atoms with E-state index in [1.807, 2.05) is 49.4 Å². The number of benzene rings is 2. The summed E-state index contributed by atoms with van der Waals surface area (Å²) in [5.41, 5.74) is 3.80. The number of carbonyl (C=O) groups is 1. The first kappa shape index (κ1) is 17.4. The zero-order chi connectivity index (χ0) is 19.0. The average Bonchev–Trinajstić information content (AvgIpc) is 2.97. The van der Waals surface area contributed by atoms with Crippen LogP contribution >= 0.6 is 11.6 Å². The molecule has 4 rings (SSSR count). The van der Waals surface area contributed by atoms with Crippen molar-refractivity contribution in [1.29, 1.82) is 0 Å². The number of halogens is 1. The van der Waals surface area contributed by atoms with Crippen molar-refractivity contribution in [2.45, 2.75) is 13.1 Å². The van der Waals surface area contributed by atoms with Gasteiger partial charge in [0.05, 0.1) is 24.1 Å². The number of nitrogens with zero attached hydrogens (tertiary/aromatic N) is 2. The lowest BCUT2D eigenvalue weighted by atomic mass is 10.2. The SMILES string of the molecule is COc1cccc(N2C(=O)c3cccnc3C2Nc2ccc(C)c(Cl)c2)c1. The van der Waals surface area contributed by atoms with Gasteiger partial charge >= 0.3 is 0 Å². The normalized spacial score (nSPS) is 15.6. The zero-order valence-corrected chi connectivity index (χ0v) is 15.7. The summed E-state index contributed by atoms with van der Waals surface area (Å²) >= 11 is 6.27. The Morgan fingerprint density at radius 2 is 2.00 bits per heavy atom. The monoisotopic (exact) mass is 379 g/mol. The number of carbonyl (C=O) groups excluding carboxylic acids is 1. The van der Waals surface area contributed by atoms with Crippen LogP contribution in [0.15, 0.2) is 60.8 Å². The van der Waals surface area contributed by atoms with Gasteiger partial charge in [0.1, 0.15) is 5.75 Å². The predicted octanol–water partition coefficient (Wildman–Crippen LogP) is 4.82. The second kappa shape index (κ2) is 6.93. The van der Waals surface area contributed by atoms with Crippen LogP contribution in [0.5, 0.6) is 5.75 Å². The van der Waals surface area contributed by atoms with E-state index < -0.39 is 6.17 Å². The number of aryl methyl sites for hydroxylation is 1. The first-order valence-corrected chi connectivity index (χ1v) is 8.91. The maximum atomic E-state index is 13.1. The molecular formula is C21H18ClN3O2. The molecule has 3 aromatic rings. The number of aromatic nitrogens is 1. The van der Waals surface area contributed by atoms with Gasteiger partial charge < -0.3 is 10.1 Å². The van der Waals surface area contributed by atoms with Gasteiger partial charge in [-0.15, -0.1) is 0 Å². The molecule has 1 N–H and O–H groups in total. The van der Waals surface area contributed by atoms with Crippen molar-refractivity contribution in [3.05, 3.63) is 82.6 Å². The molecule has 1 aliphatic heterocycles. The molecule has 6 heteroatoms. The lowest BCUT2D eigenvalue weighted by Gasteiger charge is -2.27. The van der Waals surface area contributed by atoms with Crippen LogP contribution in [0.3, 0.4) is 0 Å². The highest BCUT2D eigenvalue weighted by Gasteiger charge is 2.39. The molecule has 1 unspecified atom stereocenters. The van der Waals surface area contributed by atoms with E-state index in [0.29, 0.717) is 22.0 Å². The van der Waals surface area contributed by atoms with Crippen LogP contribution in [-0.4, -0.2) is 18.0 Å². The van der Waals surface area contributed by atoms with E-state index in [1.165, 1.54) is 0 Å². The number of rotatable bonds is 4. The first-order valence-electron chi connectivity index (χ1n) is 8.53. The number of ether oxygens (including phenoxy) is 1. The van der Waals surface area contributed by atoms with E-state index in [2.05, 4.69) is 10.3 Å². The number of fused-ring (bicyclic) bond motifs is 1. The van der Waals surface area contributed by atoms with E-state index in [-0.39, 0.29) is 5.91 Å². The smallest absolute Gasteiger partial charge is 0.262 e. The topological polar surface area (TPSA) is 54.5 Å². The van der Waals surface area contributed by atoms with Crippen molar-refractivity contribution in [2.75, 3.05) is 17.3 Å². The summed E-state index contributed by atoms with van der Waals surface area (Å²) in [6, 6.07) is 16.7. The molecule has 0 aliphatic carbocycles. The third-order valence-electron chi connectivity index (χ3n) is 4.61. The van der Waals surface area contributed by atoms with E-state index in [9.17, 15) is 4.79 Å². The molecule has 5 nitrogen and oxygen atoms in total. The fourth-order valence-electron chi connectivity index (χ4n) is 3.19. The first-order chi connectivity index (χ1) is 13.1. The van der Waals surface area contributed by atoms with Crippen molar-refractivity contribution >= 4 is 28.9 Å². The molecule has 136 valence electrons. The fraction of sp³-hybridized carbons (Fsp3) is 0.143. The number of hydrogen-bond acceptors (Lipinski definition) is 4. The van der Waals surface area contributed by atoms with Gasteiger partial charge in [-0.05, 0) is 48.9 Å². The van der Waals surface area contributed by atoms with E-state index in [4.69, 9.17) is 16.3 Å². The van der Waals surface area contributed by atoms with Gasteiger partial charge in [-0.1, -0.05) is 23.7 Å². The molecule has 0 saturated carbocycles. The molecule has 0 spiro atoms. The second-order valence-corrected chi connectivity index (χ2v) is 6.73. The number of amides is 1. The minimum Gasteiger partial charge on any atom is -0.497 e. The second-order valence-electron chi connectivity index (χ2n) is 6.32. The molecule has 0 fully saturated rings. The van der Waals surface area contributed by atoms with Gasteiger partial charge in [-0.2, -0.15) is 0 Å². The lowest BCUT2D eigenvalue weighted by molar-refractivity contribution is 0.0993. The van der Waals surface area contributed by atoms with Crippen molar-refractivity contribution in [2.24, 2.45) is 0 Å². The number of methoxy groups -OCH3 is 1. The van der Waals surface area contributed by atoms with E-state index in [0.717, 1.165) is 16.9 Å². The Morgan fingerprint density at radius 1 is 1.15 bits per heavy atom. The van der Waals surface area contributed by atoms with Crippen molar-refractivity contribution < 1.29 is 9.53 Å². The number of hydrogen-bond donors (Lipinski definition) is 1. The Hall–Kier alpha value is -3.05. The summed E-state index contributed by atoms with van der Waals surface area (Å²) in [6.07, 6.45) is 1.25. The maximum absolute atomic E-state index is 13.1. The number of nitrogens with one attached hydrogen (secondary N) is 1. The molecule has 0 bridgehead atoms. The molecular weight excluding hydrogens is 362 g/mol. The van der Waals surface area contributed by atoms with E-state index in [1.54, 1.807) is 30.3 Å². The van der Waals surface area contributed by atoms with Gasteiger partial charge in [0.15, 0.2) is 6.17 Å². The Bertz CT molecular complexity index is 1020. The molecule has 1 aromatic heterocycles. The summed E-state index contributed by atoms with van der Waals surface area (Å²) in [5, 5.41) is 4.06. The van der Waals surface area contributed by atoms with Crippen LogP contribution in [0.4, 0.5) is 11.4 Å². The minimum atomic E-state index is -0.445. The van der Waals surface area contributed by atoms with Gasteiger partial charge in [0.25, 0.3) is 5.91 Å². The van der Waals surface area contributed by atoms with Gasteiger partial charge in [-0.25, -0.2) is 0 Å². The number of anilines is 2. The van der Waals surface area contributed by atoms with Crippen molar-refractivity contribution in [3.63, 3.8) is 0 Å². The largest absolute Gasteiger partial charge is 0.497 e. The summed E-state index contributed by atoms with van der Waals surface area (Å²) < 4.78 is 5.32. The highest BCUT2D eigenvalue weighted by molar-refractivity contribution is 6.31. The zero-order valence-electron chi connectivity index (χ0n) is 14.9. The van der Waals surface area contributed by atoms with Gasteiger partial charge in [-0.3, -0.25) is 14.7 Å². The quantitative estimate of drug-likeness (QED) is 0.705. The molecule has 1 atom stereocenters. The van der Waals surface area contributed by atoms with Gasteiger partial charge in [0, 0.05) is 23.0 Å². The molecule has 1 amide bonds.